The molecule has 0 amide bonds. The summed E-state index contributed by atoms with van der Waals surface area (Å²) in [4.78, 5) is 0. The van der Waals surface area contributed by atoms with Gasteiger partial charge in [0.1, 0.15) is 0 Å². The number of hydrogen-bond donors (Lipinski definition) is 2. The van der Waals surface area contributed by atoms with Crippen molar-refractivity contribution in [1.29, 1.82) is 0 Å². The first-order valence-corrected chi connectivity index (χ1v) is 4.91. The maximum Gasteiger partial charge on any atom is 0.0823 e. The Bertz CT molecular complexity index is 273. The molecule has 0 saturated heterocycles. The van der Waals surface area contributed by atoms with Gasteiger partial charge in [0.05, 0.1) is 12.3 Å². The molecule has 4 heteroatoms. The highest BCUT2D eigenvalue weighted by molar-refractivity contribution is 5.07. The van der Waals surface area contributed by atoms with Crippen molar-refractivity contribution in [2.45, 2.75) is 25.9 Å². The summed E-state index contributed by atoms with van der Waals surface area (Å²) in [5.41, 5.74) is 0.845. The van der Waals surface area contributed by atoms with Gasteiger partial charge < -0.3 is 10.2 Å². The van der Waals surface area contributed by atoms with Crippen molar-refractivity contribution in [2.75, 3.05) is 6.61 Å². The molecule has 0 aromatic carbocycles. The molecule has 2 N–H and O–H groups in total. The third-order valence-electron chi connectivity index (χ3n) is 2.36. The Hall–Kier alpha value is -0.870. The van der Waals surface area contributed by atoms with Crippen molar-refractivity contribution >= 4 is 0 Å². The van der Waals surface area contributed by atoms with Gasteiger partial charge in [-0.3, -0.25) is 4.68 Å². The van der Waals surface area contributed by atoms with Crippen LogP contribution in [0.5, 0.6) is 0 Å². The van der Waals surface area contributed by atoms with Crippen LogP contribution >= 0.6 is 0 Å². The zero-order valence-corrected chi connectivity index (χ0v) is 8.72. The number of aliphatic hydroxyl groups excluding tert-OH is 2. The molecule has 2 atom stereocenters. The lowest BCUT2D eigenvalue weighted by atomic mass is 9.98. The van der Waals surface area contributed by atoms with Gasteiger partial charge in [-0.15, -0.1) is 0 Å². The molecular weight excluding hydrogens is 180 g/mol. The fourth-order valence-electron chi connectivity index (χ4n) is 1.47. The van der Waals surface area contributed by atoms with Gasteiger partial charge >= 0.3 is 0 Å². The average molecular weight is 198 g/mol. The Morgan fingerprint density at radius 3 is 2.79 bits per heavy atom. The van der Waals surface area contributed by atoms with Gasteiger partial charge in [0.15, 0.2) is 0 Å². The van der Waals surface area contributed by atoms with Crippen LogP contribution in [0, 0.1) is 5.92 Å². The first-order chi connectivity index (χ1) is 6.63. The zero-order chi connectivity index (χ0) is 10.6. The van der Waals surface area contributed by atoms with Crippen LogP contribution in [0.3, 0.4) is 0 Å². The highest BCUT2D eigenvalue weighted by Crippen LogP contribution is 2.21. The fourth-order valence-corrected chi connectivity index (χ4v) is 1.47. The van der Waals surface area contributed by atoms with Crippen LogP contribution < -0.4 is 0 Å². The van der Waals surface area contributed by atoms with Gasteiger partial charge in [-0.05, 0) is 18.8 Å². The molecular formula is C10H18N2O2. The molecule has 14 heavy (non-hydrogen) atoms. The Morgan fingerprint density at radius 1 is 1.57 bits per heavy atom. The molecule has 80 valence electrons. The van der Waals surface area contributed by atoms with E-state index in [1.54, 1.807) is 10.9 Å². The van der Waals surface area contributed by atoms with Gasteiger partial charge in [0.2, 0.25) is 0 Å². The summed E-state index contributed by atoms with van der Waals surface area (Å²) in [6.07, 6.45) is 4.43. The third kappa shape index (κ3) is 3.12. The van der Waals surface area contributed by atoms with E-state index in [0.717, 1.165) is 12.0 Å². The van der Waals surface area contributed by atoms with Gasteiger partial charge in [-0.25, -0.2) is 0 Å². The summed E-state index contributed by atoms with van der Waals surface area (Å²) in [7, 11) is 1.83. The van der Waals surface area contributed by atoms with E-state index in [1.165, 1.54) is 0 Å². The number of hydrogen-bond acceptors (Lipinski definition) is 3. The minimum absolute atomic E-state index is 0.181. The van der Waals surface area contributed by atoms with Crippen LogP contribution in [-0.4, -0.2) is 26.6 Å². The Labute approximate surface area is 84.2 Å². The minimum Gasteiger partial charge on any atom is -0.396 e. The van der Waals surface area contributed by atoms with Crippen LogP contribution in [0.4, 0.5) is 0 Å². The lowest BCUT2D eigenvalue weighted by Crippen LogP contribution is -2.05. The third-order valence-corrected chi connectivity index (χ3v) is 2.36. The van der Waals surface area contributed by atoms with E-state index < -0.39 is 6.10 Å². The van der Waals surface area contributed by atoms with Crippen LogP contribution in [-0.2, 0) is 7.05 Å². The molecule has 0 saturated carbocycles. The molecule has 0 radical (unpaired) electrons. The number of aryl methyl sites for hydroxylation is 1. The number of aliphatic hydroxyl groups is 2. The van der Waals surface area contributed by atoms with E-state index in [-0.39, 0.29) is 6.61 Å². The largest absolute Gasteiger partial charge is 0.396 e. The summed E-state index contributed by atoms with van der Waals surface area (Å²) in [5.74, 6) is 0.329. The summed E-state index contributed by atoms with van der Waals surface area (Å²) in [6.45, 7) is 2.21. The van der Waals surface area contributed by atoms with Crippen molar-refractivity contribution in [2.24, 2.45) is 13.0 Å². The van der Waals surface area contributed by atoms with Crippen molar-refractivity contribution < 1.29 is 10.2 Å². The monoisotopic (exact) mass is 198 g/mol. The van der Waals surface area contributed by atoms with Crippen molar-refractivity contribution in [3.05, 3.63) is 18.0 Å². The van der Waals surface area contributed by atoms with Crippen LogP contribution in [0.15, 0.2) is 12.4 Å². The molecule has 0 aliphatic rings. The molecule has 0 aliphatic carbocycles. The minimum atomic E-state index is -0.467. The van der Waals surface area contributed by atoms with Crippen molar-refractivity contribution in [3.63, 3.8) is 0 Å². The second kappa shape index (κ2) is 5.12. The highest BCUT2D eigenvalue weighted by atomic mass is 16.3. The van der Waals surface area contributed by atoms with Crippen molar-refractivity contribution in [1.82, 2.24) is 9.78 Å². The highest BCUT2D eigenvalue weighted by Gasteiger charge is 2.13. The number of aromatic nitrogens is 2. The summed E-state index contributed by atoms with van der Waals surface area (Å²) in [6, 6.07) is 0. The standard InChI is InChI=1S/C10H18N2O2/c1-8(3-4-13)5-10(14)9-6-11-12(2)7-9/h6-8,10,13-14H,3-5H2,1-2H3/t8-,10?/m1/s1. The molecule has 1 aromatic heterocycles. The Morgan fingerprint density at radius 2 is 2.29 bits per heavy atom. The molecule has 1 aromatic rings. The summed E-state index contributed by atoms with van der Waals surface area (Å²) < 4.78 is 1.68. The first-order valence-electron chi connectivity index (χ1n) is 4.91. The normalized spacial score (nSPS) is 15.4. The van der Waals surface area contributed by atoms with Gasteiger partial charge in [-0.1, -0.05) is 6.92 Å². The Balaban J connectivity index is 2.45. The second-order valence-corrected chi connectivity index (χ2v) is 3.82. The van der Waals surface area contributed by atoms with Crippen LogP contribution in [0.1, 0.15) is 31.4 Å². The van der Waals surface area contributed by atoms with E-state index in [9.17, 15) is 5.11 Å². The lowest BCUT2D eigenvalue weighted by molar-refractivity contribution is 0.137. The molecule has 1 rings (SSSR count). The Kier molecular flexibility index (Phi) is 4.10. The number of rotatable bonds is 5. The second-order valence-electron chi connectivity index (χ2n) is 3.82. The summed E-state index contributed by atoms with van der Waals surface area (Å²) in [5, 5.41) is 22.5. The SMILES string of the molecule is C[C@H](CCO)CC(O)c1cnn(C)c1. The molecule has 0 aliphatic heterocycles. The molecule has 0 bridgehead atoms. The summed E-state index contributed by atoms with van der Waals surface area (Å²) >= 11 is 0. The predicted octanol–water partition coefficient (Wildman–Crippen LogP) is 0.862. The van der Waals surface area contributed by atoms with Crippen LogP contribution in [0.25, 0.3) is 0 Å². The fraction of sp³-hybridized carbons (Fsp3) is 0.700. The lowest BCUT2D eigenvalue weighted by Gasteiger charge is -2.13. The van der Waals surface area contributed by atoms with E-state index in [4.69, 9.17) is 5.11 Å². The maximum absolute atomic E-state index is 9.80. The maximum atomic E-state index is 9.80. The van der Waals surface area contributed by atoms with Gasteiger partial charge in [0, 0.05) is 25.4 Å². The molecule has 1 unspecified atom stereocenters. The molecule has 0 spiro atoms. The first kappa shape index (κ1) is 11.2. The zero-order valence-electron chi connectivity index (χ0n) is 8.72. The van der Waals surface area contributed by atoms with Crippen LogP contribution in [0.2, 0.25) is 0 Å². The topological polar surface area (TPSA) is 58.3 Å². The average Bonchev–Trinajstić information content (AvgIpc) is 2.52. The number of nitrogens with zero attached hydrogens (tertiary/aromatic N) is 2. The predicted molar refractivity (Wildman–Crippen MR) is 53.7 cm³/mol. The van der Waals surface area contributed by atoms with E-state index in [0.29, 0.717) is 12.3 Å². The molecule has 4 nitrogen and oxygen atoms in total. The smallest absolute Gasteiger partial charge is 0.0823 e. The molecule has 0 fully saturated rings. The molecule has 1 heterocycles. The van der Waals surface area contributed by atoms with E-state index >= 15 is 0 Å². The van der Waals surface area contributed by atoms with E-state index in [2.05, 4.69) is 5.10 Å². The van der Waals surface area contributed by atoms with E-state index in [1.807, 2.05) is 20.2 Å². The van der Waals surface area contributed by atoms with Crippen molar-refractivity contribution in [3.8, 4) is 0 Å². The van der Waals surface area contributed by atoms with Gasteiger partial charge in [-0.2, -0.15) is 5.10 Å². The quantitative estimate of drug-likeness (QED) is 0.737. The van der Waals surface area contributed by atoms with Gasteiger partial charge in [0.25, 0.3) is 0 Å².